The Hall–Kier alpha value is -1.31. The van der Waals surface area contributed by atoms with Gasteiger partial charge < -0.3 is 4.90 Å². The van der Waals surface area contributed by atoms with Gasteiger partial charge in [0.25, 0.3) is 0 Å². The smallest absolute Gasteiger partial charge is 0.144 e. The third-order valence-corrected chi connectivity index (χ3v) is 2.80. The molecule has 74 valence electrons. The molecule has 2 rings (SSSR count). The zero-order chi connectivity index (χ0) is 10.2. The molecular formula is C12H16N2. The number of aliphatic imine (C=N–C) groups is 1. The van der Waals surface area contributed by atoms with Gasteiger partial charge in [0.2, 0.25) is 0 Å². The van der Waals surface area contributed by atoms with Crippen molar-refractivity contribution >= 4 is 5.84 Å². The molecule has 0 N–H and O–H groups in total. The van der Waals surface area contributed by atoms with Gasteiger partial charge in [-0.1, -0.05) is 37.3 Å². The Bertz CT molecular complexity index is 354. The number of hydrogen-bond acceptors (Lipinski definition) is 2. The average Bonchev–Trinajstić information content (AvgIpc) is 2.95. The van der Waals surface area contributed by atoms with Crippen molar-refractivity contribution in [2.75, 3.05) is 14.1 Å². The van der Waals surface area contributed by atoms with Gasteiger partial charge in [-0.25, -0.2) is 0 Å². The first-order valence-electron chi connectivity index (χ1n) is 5.04. The molecule has 0 spiro atoms. The zero-order valence-corrected chi connectivity index (χ0v) is 8.99. The Morgan fingerprint density at radius 2 is 1.86 bits per heavy atom. The summed E-state index contributed by atoms with van der Waals surface area (Å²) < 4.78 is 0. The van der Waals surface area contributed by atoms with E-state index in [2.05, 4.69) is 55.2 Å². The highest BCUT2D eigenvalue weighted by atomic mass is 15.3. The van der Waals surface area contributed by atoms with E-state index in [-0.39, 0.29) is 5.54 Å². The van der Waals surface area contributed by atoms with Crippen LogP contribution in [0.15, 0.2) is 35.3 Å². The summed E-state index contributed by atoms with van der Waals surface area (Å²) in [4.78, 5) is 6.72. The van der Waals surface area contributed by atoms with Crippen LogP contribution in [-0.2, 0) is 5.54 Å². The molecule has 0 bridgehead atoms. The first kappa shape index (κ1) is 9.25. The molecule has 1 heterocycles. The number of hydrogen-bond donors (Lipinski definition) is 0. The van der Waals surface area contributed by atoms with E-state index in [0.717, 1.165) is 6.42 Å². The first-order chi connectivity index (χ1) is 6.70. The van der Waals surface area contributed by atoms with Crippen molar-refractivity contribution in [3.05, 3.63) is 35.9 Å². The molecule has 0 fully saturated rings. The topological polar surface area (TPSA) is 15.6 Å². The lowest BCUT2D eigenvalue weighted by molar-refractivity contribution is 0.582. The third kappa shape index (κ3) is 1.22. The summed E-state index contributed by atoms with van der Waals surface area (Å²) in [7, 11) is 4.11. The summed E-state index contributed by atoms with van der Waals surface area (Å²) in [5.41, 5.74) is 1.30. The Labute approximate surface area is 85.3 Å². The van der Waals surface area contributed by atoms with Crippen molar-refractivity contribution in [3.63, 3.8) is 0 Å². The summed E-state index contributed by atoms with van der Waals surface area (Å²) in [6.45, 7) is 2.19. The first-order valence-corrected chi connectivity index (χ1v) is 5.04. The van der Waals surface area contributed by atoms with Crippen LogP contribution in [0.2, 0.25) is 0 Å². The van der Waals surface area contributed by atoms with Crippen molar-refractivity contribution in [3.8, 4) is 0 Å². The minimum absolute atomic E-state index is 0.00917. The standard InChI is InChI=1S/C12H16N2/c1-4-12(11(13-12)14(2)3)10-8-6-5-7-9-10/h5-9H,4H2,1-3H3/t12-/m1/s1. The van der Waals surface area contributed by atoms with Gasteiger partial charge >= 0.3 is 0 Å². The van der Waals surface area contributed by atoms with Crippen LogP contribution in [0.25, 0.3) is 0 Å². The van der Waals surface area contributed by atoms with Gasteiger partial charge in [-0.3, -0.25) is 4.99 Å². The summed E-state index contributed by atoms with van der Waals surface area (Å²) in [6.07, 6.45) is 1.05. The van der Waals surface area contributed by atoms with Crippen molar-refractivity contribution in [1.82, 2.24) is 4.90 Å². The largest absolute Gasteiger partial charge is 0.364 e. The normalized spacial score (nSPS) is 24.4. The number of likely N-dealkylation sites (N-methyl/N-ethyl adjacent to an activating group) is 1. The van der Waals surface area contributed by atoms with Crippen LogP contribution >= 0.6 is 0 Å². The van der Waals surface area contributed by atoms with Crippen molar-refractivity contribution in [2.24, 2.45) is 4.99 Å². The predicted molar refractivity (Wildman–Crippen MR) is 59.5 cm³/mol. The number of amidine groups is 1. The van der Waals surface area contributed by atoms with Crippen LogP contribution in [0, 0.1) is 0 Å². The minimum atomic E-state index is -0.00917. The maximum atomic E-state index is 4.62. The van der Waals surface area contributed by atoms with E-state index < -0.39 is 0 Å². The molecule has 0 saturated heterocycles. The van der Waals surface area contributed by atoms with Crippen LogP contribution in [0.5, 0.6) is 0 Å². The molecule has 0 amide bonds. The lowest BCUT2D eigenvalue weighted by Crippen LogP contribution is -2.26. The zero-order valence-electron chi connectivity index (χ0n) is 8.99. The fourth-order valence-electron chi connectivity index (χ4n) is 1.97. The van der Waals surface area contributed by atoms with Crippen LogP contribution in [0.1, 0.15) is 18.9 Å². The molecule has 0 saturated carbocycles. The fraction of sp³-hybridized carbons (Fsp3) is 0.417. The highest BCUT2D eigenvalue weighted by molar-refractivity contribution is 6.03. The molecule has 14 heavy (non-hydrogen) atoms. The summed E-state index contributed by atoms with van der Waals surface area (Å²) in [5, 5.41) is 0. The van der Waals surface area contributed by atoms with E-state index in [4.69, 9.17) is 0 Å². The Morgan fingerprint density at radius 1 is 1.21 bits per heavy atom. The van der Waals surface area contributed by atoms with Crippen LogP contribution in [-0.4, -0.2) is 24.8 Å². The SMILES string of the molecule is CC[C@]1(c2ccccc2)N=C1N(C)C. The molecule has 0 aliphatic carbocycles. The van der Waals surface area contributed by atoms with Gasteiger partial charge in [-0.2, -0.15) is 0 Å². The van der Waals surface area contributed by atoms with Crippen LogP contribution in [0.3, 0.4) is 0 Å². The second-order valence-electron chi connectivity index (χ2n) is 3.91. The molecule has 1 atom stereocenters. The van der Waals surface area contributed by atoms with Crippen LogP contribution < -0.4 is 0 Å². The Morgan fingerprint density at radius 3 is 2.29 bits per heavy atom. The predicted octanol–water partition coefficient (Wildman–Crippen LogP) is 2.27. The third-order valence-electron chi connectivity index (χ3n) is 2.80. The molecule has 2 nitrogen and oxygen atoms in total. The van der Waals surface area contributed by atoms with E-state index in [1.807, 2.05) is 6.07 Å². The fourth-order valence-corrected chi connectivity index (χ4v) is 1.97. The molecule has 1 aliphatic rings. The average molecular weight is 188 g/mol. The number of rotatable bonds is 2. The molecule has 0 aromatic heterocycles. The van der Waals surface area contributed by atoms with Gasteiger partial charge in [0.15, 0.2) is 0 Å². The molecule has 1 aromatic rings. The maximum absolute atomic E-state index is 4.62. The maximum Gasteiger partial charge on any atom is 0.144 e. The highest BCUT2D eigenvalue weighted by Crippen LogP contribution is 2.42. The van der Waals surface area contributed by atoms with E-state index in [1.165, 1.54) is 11.4 Å². The molecule has 1 aliphatic heterocycles. The summed E-state index contributed by atoms with van der Waals surface area (Å²) in [6, 6.07) is 10.5. The van der Waals surface area contributed by atoms with Gasteiger partial charge in [0.05, 0.1) is 0 Å². The van der Waals surface area contributed by atoms with E-state index in [9.17, 15) is 0 Å². The minimum Gasteiger partial charge on any atom is -0.364 e. The Balaban J connectivity index is 2.27. The quantitative estimate of drug-likeness (QED) is 0.695. The van der Waals surface area contributed by atoms with E-state index in [0.29, 0.717) is 0 Å². The Kier molecular flexibility index (Phi) is 2.06. The molecule has 0 radical (unpaired) electrons. The lowest BCUT2D eigenvalue weighted by atomic mass is 9.93. The number of nitrogens with zero attached hydrogens (tertiary/aromatic N) is 2. The van der Waals surface area contributed by atoms with Gasteiger partial charge in [0, 0.05) is 14.1 Å². The second-order valence-corrected chi connectivity index (χ2v) is 3.91. The van der Waals surface area contributed by atoms with E-state index >= 15 is 0 Å². The summed E-state index contributed by atoms with van der Waals surface area (Å²) >= 11 is 0. The van der Waals surface area contributed by atoms with Gasteiger partial charge in [-0.05, 0) is 12.0 Å². The van der Waals surface area contributed by atoms with Crippen molar-refractivity contribution in [2.45, 2.75) is 18.9 Å². The molecule has 0 unspecified atom stereocenters. The number of benzene rings is 1. The van der Waals surface area contributed by atoms with Gasteiger partial charge in [0.1, 0.15) is 11.4 Å². The molecular weight excluding hydrogens is 172 g/mol. The monoisotopic (exact) mass is 188 g/mol. The molecule has 2 heteroatoms. The lowest BCUT2D eigenvalue weighted by Gasteiger charge is -2.16. The highest BCUT2D eigenvalue weighted by Gasteiger charge is 2.48. The van der Waals surface area contributed by atoms with Gasteiger partial charge in [-0.15, -0.1) is 0 Å². The van der Waals surface area contributed by atoms with Crippen molar-refractivity contribution < 1.29 is 0 Å². The van der Waals surface area contributed by atoms with E-state index in [1.54, 1.807) is 0 Å². The summed E-state index contributed by atoms with van der Waals surface area (Å²) in [5.74, 6) is 1.20. The van der Waals surface area contributed by atoms with Crippen LogP contribution in [0.4, 0.5) is 0 Å². The van der Waals surface area contributed by atoms with Crippen molar-refractivity contribution in [1.29, 1.82) is 0 Å². The molecule has 1 aromatic carbocycles. The second kappa shape index (κ2) is 3.12.